The number of carbonyl (C=O) groups excluding carboxylic acids is 1. The molecular weight excluding hydrogens is 346 g/mol. The van der Waals surface area contributed by atoms with Crippen LogP contribution in [0.25, 0.3) is 0 Å². The molecule has 1 N–H and O–H groups in total. The Balaban J connectivity index is 1.42. The molecule has 0 aromatic carbocycles. The molecule has 1 heterocycles. The maximum Gasteiger partial charge on any atom is 0.155 e. The summed E-state index contributed by atoms with van der Waals surface area (Å²) < 4.78 is 0. The van der Waals surface area contributed by atoms with E-state index in [1.54, 1.807) is 6.20 Å². The van der Waals surface area contributed by atoms with Crippen molar-refractivity contribution in [3.8, 4) is 11.8 Å². The molecule has 1 aromatic heterocycles. The number of aromatic nitrogens is 1. The van der Waals surface area contributed by atoms with E-state index in [0.717, 1.165) is 50.6 Å². The van der Waals surface area contributed by atoms with Gasteiger partial charge in [0.15, 0.2) is 5.78 Å². The monoisotopic (exact) mass is 375 g/mol. The van der Waals surface area contributed by atoms with Crippen molar-refractivity contribution in [2.45, 2.75) is 63.9 Å². The lowest BCUT2D eigenvalue weighted by molar-refractivity contribution is -0.116. The third-order valence-electron chi connectivity index (χ3n) is 8.51. The molecule has 5 rings (SSSR count). The van der Waals surface area contributed by atoms with Gasteiger partial charge in [-0.05, 0) is 92.7 Å². The van der Waals surface area contributed by atoms with Crippen molar-refractivity contribution in [2.24, 2.45) is 29.1 Å². The van der Waals surface area contributed by atoms with Crippen LogP contribution in [-0.2, 0) is 4.79 Å². The molecule has 1 unspecified atom stereocenters. The zero-order valence-electron chi connectivity index (χ0n) is 16.7. The van der Waals surface area contributed by atoms with Gasteiger partial charge >= 0.3 is 0 Å². The number of ketones is 1. The van der Waals surface area contributed by atoms with Crippen molar-refractivity contribution in [3.05, 3.63) is 41.7 Å². The van der Waals surface area contributed by atoms with Crippen LogP contribution in [0.4, 0.5) is 0 Å². The largest absolute Gasteiger partial charge is 0.377 e. The van der Waals surface area contributed by atoms with Crippen LogP contribution in [0, 0.1) is 40.9 Å². The summed E-state index contributed by atoms with van der Waals surface area (Å²) in [4.78, 5) is 16.2. The fourth-order valence-electron chi connectivity index (χ4n) is 7.01. The molecule has 4 aliphatic carbocycles. The van der Waals surface area contributed by atoms with Crippen molar-refractivity contribution in [2.75, 3.05) is 0 Å². The highest BCUT2D eigenvalue weighted by atomic mass is 16.3. The summed E-state index contributed by atoms with van der Waals surface area (Å²) >= 11 is 0. The van der Waals surface area contributed by atoms with Crippen LogP contribution in [0.5, 0.6) is 0 Å². The summed E-state index contributed by atoms with van der Waals surface area (Å²) in [5, 5.41) is 11.6. The normalized spacial score (nSPS) is 41.8. The van der Waals surface area contributed by atoms with Crippen molar-refractivity contribution < 1.29 is 9.90 Å². The number of pyridine rings is 1. The second kappa shape index (κ2) is 6.56. The Hall–Kier alpha value is -1.92. The average molecular weight is 376 g/mol. The van der Waals surface area contributed by atoms with Crippen LogP contribution >= 0.6 is 0 Å². The van der Waals surface area contributed by atoms with Crippen LogP contribution in [-0.4, -0.2) is 21.5 Å². The summed E-state index contributed by atoms with van der Waals surface area (Å²) in [6.07, 6.45) is 11.7. The molecule has 0 radical (unpaired) electrons. The maximum atomic E-state index is 11.9. The Labute approximate surface area is 167 Å². The highest BCUT2D eigenvalue weighted by Crippen LogP contribution is 2.64. The number of rotatable bonds is 0. The highest BCUT2D eigenvalue weighted by Gasteiger charge is 2.62. The number of allylic oxidation sites excluding steroid dienone is 1. The average Bonchev–Trinajstić information content (AvgIpc) is 2.98. The van der Waals surface area contributed by atoms with Gasteiger partial charge in [-0.2, -0.15) is 0 Å². The lowest BCUT2D eigenvalue weighted by Gasteiger charge is -2.54. The second-order valence-electron chi connectivity index (χ2n) is 9.62. The number of hydrogen-bond donors (Lipinski definition) is 1. The molecule has 28 heavy (non-hydrogen) atoms. The van der Waals surface area contributed by atoms with E-state index in [1.165, 1.54) is 12.0 Å². The molecule has 0 aliphatic heterocycles. The molecule has 6 atom stereocenters. The van der Waals surface area contributed by atoms with Gasteiger partial charge in [0.1, 0.15) is 11.3 Å². The van der Waals surface area contributed by atoms with E-state index >= 15 is 0 Å². The number of nitrogens with zero attached hydrogens (tertiary/aromatic N) is 1. The van der Waals surface area contributed by atoms with Gasteiger partial charge in [-0.3, -0.25) is 4.79 Å². The number of fused-ring (bicyclic) bond motifs is 5. The van der Waals surface area contributed by atoms with Crippen molar-refractivity contribution >= 4 is 5.78 Å². The Kier molecular flexibility index (Phi) is 4.25. The lowest BCUT2D eigenvalue weighted by atomic mass is 9.50. The molecule has 3 fully saturated rings. The molecule has 3 saturated carbocycles. The minimum Gasteiger partial charge on any atom is -0.377 e. The van der Waals surface area contributed by atoms with Gasteiger partial charge in [-0.15, -0.1) is 0 Å². The first-order valence-corrected chi connectivity index (χ1v) is 10.9. The molecular formula is C25H29NO2. The predicted molar refractivity (Wildman–Crippen MR) is 108 cm³/mol. The van der Waals surface area contributed by atoms with Gasteiger partial charge in [0, 0.05) is 18.0 Å². The second-order valence-corrected chi connectivity index (χ2v) is 9.62. The summed E-state index contributed by atoms with van der Waals surface area (Å²) in [6, 6.07) is 5.73. The standard InChI is InChI=1S/C25H29NO2/c1-24-12-10-21-20-8-6-19(27)16-17(20)5-7-22(21)23(24)11-14-25(24,28)13-9-18-4-2-3-15-26-18/h2-4,15-16,20-23,28H,5-8,10-12,14H2,1H3/t20-,21-,22+,23+,24-,25?/m0/s1. The van der Waals surface area contributed by atoms with E-state index in [1.807, 2.05) is 24.3 Å². The van der Waals surface area contributed by atoms with Gasteiger partial charge in [0.2, 0.25) is 0 Å². The smallest absolute Gasteiger partial charge is 0.155 e. The fraction of sp³-hybridized carbons (Fsp3) is 0.600. The summed E-state index contributed by atoms with van der Waals surface area (Å²) in [5.74, 6) is 9.23. The molecule has 0 saturated heterocycles. The van der Waals surface area contributed by atoms with Crippen LogP contribution in [0.15, 0.2) is 36.0 Å². The molecule has 1 aromatic rings. The Morgan fingerprint density at radius 1 is 1.11 bits per heavy atom. The number of hydrogen-bond acceptors (Lipinski definition) is 3. The van der Waals surface area contributed by atoms with Crippen LogP contribution in [0.1, 0.15) is 64.0 Å². The van der Waals surface area contributed by atoms with Crippen LogP contribution < -0.4 is 0 Å². The van der Waals surface area contributed by atoms with Gasteiger partial charge in [-0.1, -0.05) is 24.5 Å². The zero-order chi connectivity index (χ0) is 19.4. The molecule has 0 bridgehead atoms. The first-order valence-electron chi connectivity index (χ1n) is 10.9. The lowest BCUT2D eigenvalue weighted by Crippen LogP contribution is -2.52. The van der Waals surface area contributed by atoms with Gasteiger partial charge in [-0.25, -0.2) is 4.98 Å². The van der Waals surface area contributed by atoms with E-state index in [4.69, 9.17) is 0 Å². The molecule has 146 valence electrons. The minimum atomic E-state index is -0.918. The zero-order valence-corrected chi connectivity index (χ0v) is 16.7. The first-order chi connectivity index (χ1) is 13.5. The highest BCUT2D eigenvalue weighted by molar-refractivity contribution is 5.91. The van der Waals surface area contributed by atoms with Crippen molar-refractivity contribution in [1.29, 1.82) is 0 Å². The summed E-state index contributed by atoms with van der Waals surface area (Å²) in [5.41, 5.74) is 1.10. The Bertz CT molecular complexity index is 879. The van der Waals surface area contributed by atoms with E-state index in [0.29, 0.717) is 29.5 Å². The summed E-state index contributed by atoms with van der Waals surface area (Å²) in [7, 11) is 0. The van der Waals surface area contributed by atoms with Crippen LogP contribution in [0.3, 0.4) is 0 Å². The quantitative estimate of drug-likeness (QED) is 0.688. The molecule has 0 amide bonds. The van der Waals surface area contributed by atoms with Crippen molar-refractivity contribution in [1.82, 2.24) is 4.98 Å². The fourth-order valence-corrected chi connectivity index (χ4v) is 7.01. The third kappa shape index (κ3) is 2.69. The van der Waals surface area contributed by atoms with Crippen molar-refractivity contribution in [3.63, 3.8) is 0 Å². The van der Waals surface area contributed by atoms with Gasteiger partial charge in [0.25, 0.3) is 0 Å². The van der Waals surface area contributed by atoms with Gasteiger partial charge < -0.3 is 5.11 Å². The SMILES string of the molecule is C[C@]12CC[C@@H]3[C@@H](CCC4=CC(=O)CC[C@@H]43)[C@H]1CCC2(O)C#Cc1ccccn1. The first kappa shape index (κ1) is 18.1. The Morgan fingerprint density at radius 2 is 2.00 bits per heavy atom. The topological polar surface area (TPSA) is 50.2 Å². The van der Waals surface area contributed by atoms with E-state index in [9.17, 15) is 9.90 Å². The molecule has 3 nitrogen and oxygen atoms in total. The number of aliphatic hydroxyl groups is 1. The maximum absolute atomic E-state index is 11.9. The van der Waals surface area contributed by atoms with E-state index < -0.39 is 5.60 Å². The molecule has 4 aliphatic rings. The van der Waals surface area contributed by atoms with Crippen LogP contribution in [0.2, 0.25) is 0 Å². The third-order valence-corrected chi connectivity index (χ3v) is 8.51. The van der Waals surface area contributed by atoms with E-state index in [2.05, 4.69) is 23.7 Å². The number of carbonyl (C=O) groups is 1. The molecule has 3 heteroatoms. The van der Waals surface area contributed by atoms with E-state index in [-0.39, 0.29) is 5.41 Å². The minimum absolute atomic E-state index is 0.137. The molecule has 0 spiro atoms. The predicted octanol–water partition coefficient (Wildman–Crippen LogP) is 4.31. The Morgan fingerprint density at radius 3 is 2.82 bits per heavy atom. The summed E-state index contributed by atoms with van der Waals surface area (Å²) in [6.45, 7) is 2.28. The van der Waals surface area contributed by atoms with Gasteiger partial charge in [0.05, 0.1) is 0 Å².